The molecule has 1 aliphatic rings. The van der Waals surface area contributed by atoms with Crippen LogP contribution in [0.4, 0.5) is 0 Å². The van der Waals surface area contributed by atoms with Crippen molar-refractivity contribution in [2.24, 2.45) is 0 Å². The van der Waals surface area contributed by atoms with Crippen molar-refractivity contribution in [1.82, 2.24) is 4.90 Å². The van der Waals surface area contributed by atoms with Gasteiger partial charge >= 0.3 is 0 Å². The molecule has 1 amide bonds. The fraction of sp³-hybridized carbons (Fsp3) is 0.292. The first kappa shape index (κ1) is 20.4. The maximum Gasteiger partial charge on any atom is 0.289 e. The topological polar surface area (TPSA) is 51.9 Å². The lowest BCUT2D eigenvalue weighted by Crippen LogP contribution is -2.35. The number of hydrogen-bond acceptors (Lipinski definition) is 5. The minimum atomic E-state index is -0.0937. The van der Waals surface area contributed by atoms with Crippen LogP contribution in [0.25, 0.3) is 0 Å². The number of benzene rings is 2. The molecule has 0 N–H and O–H groups in total. The van der Waals surface area contributed by atoms with Crippen molar-refractivity contribution in [2.75, 3.05) is 20.8 Å². The van der Waals surface area contributed by atoms with Crippen LogP contribution in [0.1, 0.15) is 32.8 Å². The van der Waals surface area contributed by atoms with Gasteiger partial charge in [0.2, 0.25) is 0 Å². The van der Waals surface area contributed by atoms with Crippen molar-refractivity contribution in [1.29, 1.82) is 0 Å². The summed E-state index contributed by atoms with van der Waals surface area (Å²) in [5.74, 6) is 1.67. The van der Waals surface area contributed by atoms with Gasteiger partial charge in [0, 0.05) is 18.0 Å². The van der Waals surface area contributed by atoms with E-state index in [-0.39, 0.29) is 5.91 Å². The number of carbonyl (C=O) groups is 1. The lowest BCUT2D eigenvalue weighted by molar-refractivity contribution is 0.0696. The van der Waals surface area contributed by atoms with Crippen molar-refractivity contribution < 1.29 is 18.7 Å². The summed E-state index contributed by atoms with van der Waals surface area (Å²) >= 11 is 1.56. The van der Waals surface area contributed by atoms with E-state index >= 15 is 0 Å². The van der Waals surface area contributed by atoms with E-state index in [2.05, 4.69) is 26.0 Å². The third-order valence-corrected chi connectivity index (χ3v) is 6.68. The van der Waals surface area contributed by atoms with Gasteiger partial charge in [0.25, 0.3) is 5.91 Å². The Morgan fingerprint density at radius 1 is 1.00 bits per heavy atom. The summed E-state index contributed by atoms with van der Waals surface area (Å²) in [4.78, 5) is 16.0. The number of nitrogens with zero attached hydrogens (tertiary/aromatic N) is 1. The molecule has 0 atom stereocenters. The molecule has 6 heteroatoms. The molecule has 156 valence electrons. The molecule has 30 heavy (non-hydrogen) atoms. The Balaban J connectivity index is 1.51. The fourth-order valence-electron chi connectivity index (χ4n) is 3.76. The molecule has 0 saturated heterocycles. The second kappa shape index (κ2) is 8.48. The van der Waals surface area contributed by atoms with E-state index in [1.165, 1.54) is 21.6 Å². The molecular weight excluding hydrogens is 398 g/mol. The Kier molecular flexibility index (Phi) is 5.77. The van der Waals surface area contributed by atoms with Gasteiger partial charge in [-0.25, -0.2) is 0 Å². The molecular formula is C24H25NO4S. The van der Waals surface area contributed by atoms with Crippen LogP contribution in [0, 0.1) is 13.8 Å². The van der Waals surface area contributed by atoms with Crippen LogP contribution in [0.2, 0.25) is 0 Å². The SMILES string of the molecule is COc1cc2c(cc1OC)CN(C(=O)c1ccc(Sc3c(C)cccc3C)o1)CC2. The van der Waals surface area contributed by atoms with E-state index in [1.807, 2.05) is 29.2 Å². The average molecular weight is 424 g/mol. The van der Waals surface area contributed by atoms with E-state index in [0.717, 1.165) is 22.8 Å². The van der Waals surface area contributed by atoms with Crippen LogP contribution < -0.4 is 9.47 Å². The predicted molar refractivity (Wildman–Crippen MR) is 117 cm³/mol. The van der Waals surface area contributed by atoms with Crippen LogP contribution >= 0.6 is 11.8 Å². The maximum atomic E-state index is 13.1. The Morgan fingerprint density at radius 2 is 1.67 bits per heavy atom. The molecule has 4 rings (SSSR count). The van der Waals surface area contributed by atoms with Crippen LogP contribution in [0.15, 0.2) is 56.9 Å². The number of carbonyl (C=O) groups excluding carboxylic acids is 1. The number of rotatable bonds is 5. The summed E-state index contributed by atoms with van der Waals surface area (Å²) in [5, 5.41) is 0.722. The Bertz CT molecular complexity index is 1070. The van der Waals surface area contributed by atoms with Gasteiger partial charge < -0.3 is 18.8 Å². The lowest BCUT2D eigenvalue weighted by atomic mass is 9.98. The summed E-state index contributed by atoms with van der Waals surface area (Å²) in [6, 6.07) is 13.8. The standard InChI is InChI=1S/C24H25NO4S/c1-15-6-5-7-16(2)23(15)30-22-9-8-19(29-22)24(26)25-11-10-17-12-20(27-3)21(28-4)13-18(17)14-25/h5-9,12-13H,10-11,14H2,1-4H3. The van der Waals surface area contributed by atoms with Gasteiger partial charge in [0.1, 0.15) is 0 Å². The molecule has 0 unspecified atom stereocenters. The van der Waals surface area contributed by atoms with Crippen molar-refractivity contribution in [2.45, 2.75) is 36.8 Å². The molecule has 2 heterocycles. The summed E-state index contributed by atoms with van der Waals surface area (Å²) in [7, 11) is 3.25. The quantitative estimate of drug-likeness (QED) is 0.560. The predicted octanol–water partition coefficient (Wildman–Crippen LogP) is 5.26. The normalized spacial score (nSPS) is 13.1. The molecule has 0 bridgehead atoms. The molecule has 0 fully saturated rings. The van der Waals surface area contributed by atoms with Gasteiger partial charge in [0.05, 0.1) is 14.2 Å². The highest BCUT2D eigenvalue weighted by molar-refractivity contribution is 7.99. The number of amides is 1. The van der Waals surface area contributed by atoms with Crippen molar-refractivity contribution in [3.05, 3.63) is 70.5 Å². The third-order valence-electron chi connectivity index (χ3n) is 5.41. The first-order valence-corrected chi connectivity index (χ1v) is 10.7. The average Bonchev–Trinajstić information content (AvgIpc) is 3.23. The third kappa shape index (κ3) is 3.92. The second-order valence-electron chi connectivity index (χ2n) is 7.39. The highest BCUT2D eigenvalue weighted by atomic mass is 32.2. The minimum Gasteiger partial charge on any atom is -0.493 e. The van der Waals surface area contributed by atoms with Gasteiger partial charge in [-0.05, 0) is 66.8 Å². The van der Waals surface area contributed by atoms with Crippen LogP contribution in [0.3, 0.4) is 0 Å². The molecule has 0 aliphatic carbocycles. The lowest BCUT2D eigenvalue weighted by Gasteiger charge is -2.29. The van der Waals surface area contributed by atoms with Gasteiger partial charge in [-0.15, -0.1) is 0 Å². The number of fused-ring (bicyclic) bond motifs is 1. The summed E-state index contributed by atoms with van der Waals surface area (Å²) in [5.41, 5.74) is 4.65. The molecule has 3 aromatic rings. The number of furan rings is 1. The molecule has 0 radical (unpaired) electrons. The first-order chi connectivity index (χ1) is 14.5. The summed E-state index contributed by atoms with van der Waals surface area (Å²) < 4.78 is 16.7. The highest BCUT2D eigenvalue weighted by Crippen LogP contribution is 2.36. The number of ether oxygens (including phenoxy) is 2. The van der Waals surface area contributed by atoms with E-state index in [4.69, 9.17) is 13.9 Å². The number of hydrogen-bond donors (Lipinski definition) is 0. The Labute approximate surface area is 181 Å². The molecule has 0 saturated carbocycles. The zero-order chi connectivity index (χ0) is 21.3. The van der Waals surface area contributed by atoms with Crippen LogP contribution in [0.5, 0.6) is 11.5 Å². The first-order valence-electron chi connectivity index (χ1n) is 9.87. The molecule has 1 aromatic heterocycles. The molecule has 5 nitrogen and oxygen atoms in total. The maximum absolute atomic E-state index is 13.1. The highest BCUT2D eigenvalue weighted by Gasteiger charge is 2.25. The fourth-order valence-corrected chi connectivity index (χ4v) is 4.69. The minimum absolute atomic E-state index is 0.0937. The largest absolute Gasteiger partial charge is 0.493 e. The van der Waals surface area contributed by atoms with E-state index < -0.39 is 0 Å². The van der Waals surface area contributed by atoms with Crippen molar-refractivity contribution in [3.63, 3.8) is 0 Å². The van der Waals surface area contributed by atoms with Crippen molar-refractivity contribution >= 4 is 17.7 Å². The monoisotopic (exact) mass is 423 g/mol. The zero-order valence-corrected chi connectivity index (χ0v) is 18.5. The number of aryl methyl sites for hydroxylation is 2. The summed E-state index contributed by atoms with van der Waals surface area (Å²) in [6.07, 6.45) is 0.770. The molecule has 1 aliphatic heterocycles. The molecule has 2 aromatic carbocycles. The van der Waals surface area contributed by atoms with Crippen molar-refractivity contribution in [3.8, 4) is 11.5 Å². The van der Waals surface area contributed by atoms with Gasteiger partial charge in [0.15, 0.2) is 22.4 Å². The van der Waals surface area contributed by atoms with Gasteiger partial charge in [-0.3, -0.25) is 4.79 Å². The summed E-state index contributed by atoms with van der Waals surface area (Å²) in [6.45, 7) is 5.33. The van der Waals surface area contributed by atoms with Crippen LogP contribution in [-0.4, -0.2) is 31.6 Å². The van der Waals surface area contributed by atoms with Gasteiger partial charge in [-0.2, -0.15) is 0 Å². The van der Waals surface area contributed by atoms with E-state index in [9.17, 15) is 4.79 Å². The van der Waals surface area contributed by atoms with E-state index in [0.29, 0.717) is 24.6 Å². The smallest absolute Gasteiger partial charge is 0.289 e. The second-order valence-corrected chi connectivity index (χ2v) is 8.41. The van der Waals surface area contributed by atoms with Crippen LogP contribution in [-0.2, 0) is 13.0 Å². The van der Waals surface area contributed by atoms with E-state index in [1.54, 1.807) is 32.0 Å². The Morgan fingerprint density at radius 3 is 2.33 bits per heavy atom. The molecule has 0 spiro atoms. The number of methoxy groups -OCH3 is 2. The Hall–Kier alpha value is -2.86. The van der Waals surface area contributed by atoms with Gasteiger partial charge in [-0.1, -0.05) is 30.0 Å². The zero-order valence-electron chi connectivity index (χ0n) is 17.7.